The average Bonchev–Trinajstić information content (AvgIpc) is 3.13. The van der Waals surface area contributed by atoms with Crippen molar-refractivity contribution in [1.29, 1.82) is 0 Å². The molecule has 0 atom stereocenters. The van der Waals surface area contributed by atoms with Gasteiger partial charge in [-0.3, -0.25) is 4.79 Å². The summed E-state index contributed by atoms with van der Waals surface area (Å²) in [5.41, 5.74) is 3.96. The molecule has 1 heterocycles. The molecule has 0 bridgehead atoms. The van der Waals surface area contributed by atoms with Crippen LogP contribution in [-0.2, 0) is 11.4 Å². The molecule has 0 spiro atoms. The van der Waals surface area contributed by atoms with Crippen LogP contribution in [-0.4, -0.2) is 17.7 Å². The lowest BCUT2D eigenvalue weighted by molar-refractivity contribution is -0.115. The van der Waals surface area contributed by atoms with Gasteiger partial charge >= 0.3 is 0 Å². The van der Waals surface area contributed by atoms with Gasteiger partial charge in [-0.2, -0.15) is 0 Å². The Morgan fingerprint density at radius 1 is 1.06 bits per heavy atom. The number of ether oxygens (including phenoxy) is 2. The van der Waals surface area contributed by atoms with Gasteiger partial charge in [0.25, 0.3) is 5.91 Å². The first-order chi connectivity index (χ1) is 16.0. The van der Waals surface area contributed by atoms with Crippen LogP contribution in [0.25, 0.3) is 6.08 Å². The molecule has 1 aliphatic rings. The van der Waals surface area contributed by atoms with Gasteiger partial charge in [0.15, 0.2) is 5.17 Å². The van der Waals surface area contributed by atoms with Crippen molar-refractivity contribution in [3.63, 3.8) is 0 Å². The number of hydrogen-bond acceptors (Lipinski definition) is 5. The van der Waals surface area contributed by atoms with Gasteiger partial charge in [-0.1, -0.05) is 35.9 Å². The highest BCUT2D eigenvalue weighted by atomic mass is 79.9. The first-order valence-corrected chi connectivity index (χ1v) is 12.1. The van der Waals surface area contributed by atoms with Gasteiger partial charge in [0.1, 0.15) is 18.1 Å². The van der Waals surface area contributed by atoms with Gasteiger partial charge in [0.05, 0.1) is 21.7 Å². The molecule has 1 aliphatic heterocycles. The topological polar surface area (TPSA) is 59.9 Å². The van der Waals surface area contributed by atoms with Crippen molar-refractivity contribution in [3.8, 4) is 11.5 Å². The van der Waals surface area contributed by atoms with E-state index in [0.29, 0.717) is 23.3 Å². The zero-order valence-electron chi connectivity index (χ0n) is 18.3. The van der Waals surface area contributed by atoms with Crippen molar-refractivity contribution in [2.75, 3.05) is 6.61 Å². The van der Waals surface area contributed by atoms with Crippen molar-refractivity contribution in [2.45, 2.75) is 20.5 Å². The molecule has 0 unspecified atom stereocenters. The molecule has 4 rings (SSSR count). The Bertz CT molecular complexity index is 1220. The fraction of sp³-hybridized carbons (Fsp3) is 0.154. The Morgan fingerprint density at radius 3 is 2.61 bits per heavy atom. The van der Waals surface area contributed by atoms with Crippen LogP contribution < -0.4 is 14.8 Å². The van der Waals surface area contributed by atoms with Gasteiger partial charge in [-0.25, -0.2) is 4.99 Å². The zero-order chi connectivity index (χ0) is 23.2. The summed E-state index contributed by atoms with van der Waals surface area (Å²) in [6.07, 6.45) is 1.84. The van der Waals surface area contributed by atoms with E-state index < -0.39 is 0 Å². The van der Waals surface area contributed by atoms with Gasteiger partial charge in [0, 0.05) is 0 Å². The maximum Gasteiger partial charge on any atom is 0.264 e. The SMILES string of the molecule is CCOc1ccc(N=C2NC(=O)/C(=C\c3ccc(OCc4cccc(C)c4)c(Br)c3)S2)cc1. The van der Waals surface area contributed by atoms with Gasteiger partial charge < -0.3 is 14.8 Å². The Labute approximate surface area is 206 Å². The minimum atomic E-state index is -0.166. The van der Waals surface area contributed by atoms with Crippen molar-refractivity contribution < 1.29 is 14.3 Å². The number of aliphatic imine (C=N–C) groups is 1. The lowest BCUT2D eigenvalue weighted by Gasteiger charge is -2.09. The predicted molar refractivity (Wildman–Crippen MR) is 138 cm³/mol. The van der Waals surface area contributed by atoms with E-state index in [4.69, 9.17) is 9.47 Å². The molecular formula is C26H23BrN2O3S. The molecule has 3 aromatic rings. The second-order valence-corrected chi connectivity index (χ2v) is 9.26. The van der Waals surface area contributed by atoms with Gasteiger partial charge in [0.2, 0.25) is 0 Å². The molecule has 0 aromatic heterocycles. The molecule has 7 heteroatoms. The number of nitrogens with one attached hydrogen (secondary N) is 1. The summed E-state index contributed by atoms with van der Waals surface area (Å²) < 4.78 is 12.2. The molecule has 0 aliphatic carbocycles. The molecule has 3 aromatic carbocycles. The summed E-state index contributed by atoms with van der Waals surface area (Å²) in [6, 6.07) is 21.5. The number of carbonyl (C=O) groups excluding carboxylic acids is 1. The highest BCUT2D eigenvalue weighted by Crippen LogP contribution is 2.32. The highest BCUT2D eigenvalue weighted by molar-refractivity contribution is 9.10. The van der Waals surface area contributed by atoms with Crippen LogP contribution in [0.1, 0.15) is 23.6 Å². The van der Waals surface area contributed by atoms with Gasteiger partial charge in [-0.05, 0) is 95.1 Å². The summed E-state index contributed by atoms with van der Waals surface area (Å²) in [5, 5.41) is 3.37. The van der Waals surface area contributed by atoms with Crippen molar-refractivity contribution in [2.24, 2.45) is 4.99 Å². The van der Waals surface area contributed by atoms with Crippen LogP contribution in [0.2, 0.25) is 0 Å². The highest BCUT2D eigenvalue weighted by Gasteiger charge is 2.24. The smallest absolute Gasteiger partial charge is 0.264 e. The molecule has 1 amide bonds. The number of benzene rings is 3. The number of rotatable bonds is 7. The van der Waals surface area contributed by atoms with E-state index in [2.05, 4.69) is 45.3 Å². The predicted octanol–water partition coefficient (Wildman–Crippen LogP) is 6.63. The van der Waals surface area contributed by atoms with Crippen molar-refractivity contribution in [1.82, 2.24) is 5.32 Å². The maximum atomic E-state index is 12.4. The summed E-state index contributed by atoms with van der Waals surface area (Å²) in [6.45, 7) is 5.11. The molecule has 5 nitrogen and oxygen atoms in total. The number of nitrogens with zero attached hydrogens (tertiary/aromatic N) is 1. The quantitative estimate of drug-likeness (QED) is 0.354. The molecule has 0 saturated carbocycles. The van der Waals surface area contributed by atoms with E-state index in [1.54, 1.807) is 0 Å². The minimum Gasteiger partial charge on any atom is -0.494 e. The standard InChI is InChI=1S/C26H23BrN2O3S/c1-3-31-21-10-8-20(9-11-21)28-26-29-25(30)24(33-26)15-18-7-12-23(22(27)14-18)32-16-19-6-4-5-17(2)13-19/h4-15H,3,16H2,1-2H3,(H,28,29,30)/b24-15+. The molecule has 1 fully saturated rings. The largest absolute Gasteiger partial charge is 0.494 e. The summed E-state index contributed by atoms with van der Waals surface area (Å²) in [5.74, 6) is 1.38. The third-order valence-corrected chi connectivity index (χ3v) is 6.29. The van der Waals surface area contributed by atoms with Crippen LogP contribution in [0.5, 0.6) is 11.5 Å². The average molecular weight is 523 g/mol. The van der Waals surface area contributed by atoms with E-state index in [1.165, 1.54) is 17.3 Å². The number of thioether (sulfide) groups is 1. The fourth-order valence-electron chi connectivity index (χ4n) is 3.22. The van der Waals surface area contributed by atoms with Crippen molar-refractivity contribution in [3.05, 3.63) is 92.8 Å². The lowest BCUT2D eigenvalue weighted by Crippen LogP contribution is -2.19. The monoisotopic (exact) mass is 522 g/mol. The van der Waals surface area contributed by atoms with Crippen LogP contribution in [0.4, 0.5) is 5.69 Å². The van der Waals surface area contributed by atoms with E-state index in [0.717, 1.165) is 32.8 Å². The number of amidine groups is 1. The Balaban J connectivity index is 1.42. The van der Waals surface area contributed by atoms with E-state index in [9.17, 15) is 4.79 Å². The summed E-state index contributed by atoms with van der Waals surface area (Å²) in [4.78, 5) is 17.5. The number of halogens is 1. The normalized spacial score (nSPS) is 15.7. The van der Waals surface area contributed by atoms with E-state index in [1.807, 2.05) is 67.6 Å². The molecular weight excluding hydrogens is 500 g/mol. The van der Waals surface area contributed by atoms with Crippen LogP contribution >= 0.6 is 27.7 Å². The summed E-state index contributed by atoms with van der Waals surface area (Å²) in [7, 11) is 0. The zero-order valence-corrected chi connectivity index (χ0v) is 20.7. The number of carbonyl (C=O) groups is 1. The molecule has 0 radical (unpaired) electrons. The Kier molecular flexibility index (Phi) is 7.52. The second kappa shape index (κ2) is 10.7. The number of aryl methyl sites for hydroxylation is 1. The third kappa shape index (κ3) is 6.27. The Morgan fingerprint density at radius 2 is 1.88 bits per heavy atom. The van der Waals surface area contributed by atoms with Crippen molar-refractivity contribution >= 4 is 50.5 Å². The number of hydrogen-bond donors (Lipinski definition) is 1. The fourth-order valence-corrected chi connectivity index (χ4v) is 4.57. The van der Waals surface area contributed by atoms with Crippen LogP contribution in [0.15, 0.2) is 81.1 Å². The van der Waals surface area contributed by atoms with Crippen LogP contribution in [0.3, 0.4) is 0 Å². The third-order valence-electron chi connectivity index (χ3n) is 4.76. The van der Waals surface area contributed by atoms with E-state index >= 15 is 0 Å². The van der Waals surface area contributed by atoms with E-state index in [-0.39, 0.29) is 5.91 Å². The Hall–Kier alpha value is -3.03. The first kappa shape index (κ1) is 23.1. The summed E-state index contributed by atoms with van der Waals surface area (Å²) >= 11 is 4.89. The molecule has 168 valence electrons. The van der Waals surface area contributed by atoms with Gasteiger partial charge in [-0.15, -0.1) is 0 Å². The first-order valence-electron chi connectivity index (χ1n) is 10.5. The lowest BCUT2D eigenvalue weighted by atomic mass is 10.1. The molecule has 1 N–H and O–H groups in total. The molecule has 1 saturated heterocycles. The van der Waals surface area contributed by atoms with Crippen LogP contribution in [0, 0.1) is 6.92 Å². The molecule has 33 heavy (non-hydrogen) atoms. The minimum absolute atomic E-state index is 0.166. The number of amides is 1. The second-order valence-electron chi connectivity index (χ2n) is 7.38. The maximum absolute atomic E-state index is 12.4.